The van der Waals surface area contributed by atoms with Crippen molar-refractivity contribution in [3.63, 3.8) is 0 Å². The lowest BCUT2D eigenvalue weighted by molar-refractivity contribution is -0.121. The highest BCUT2D eigenvalue weighted by molar-refractivity contribution is 5.78. The van der Waals surface area contributed by atoms with Crippen molar-refractivity contribution < 1.29 is 9.59 Å². The first-order valence-corrected chi connectivity index (χ1v) is 8.49. The number of hydrogen-bond acceptors (Lipinski definition) is 3. The van der Waals surface area contributed by atoms with Crippen molar-refractivity contribution >= 4 is 11.8 Å². The Labute approximate surface area is 139 Å². The minimum Gasteiger partial charge on any atom is -0.356 e. The molecule has 128 valence electrons. The van der Waals surface area contributed by atoms with Crippen molar-refractivity contribution in [3.8, 4) is 0 Å². The van der Waals surface area contributed by atoms with Crippen LogP contribution >= 0.6 is 0 Å². The molecule has 0 radical (unpaired) electrons. The molecule has 1 aromatic rings. The number of nitrogens with one attached hydrogen (secondary N) is 2. The van der Waals surface area contributed by atoms with Gasteiger partial charge in [-0.05, 0) is 37.8 Å². The van der Waals surface area contributed by atoms with E-state index in [9.17, 15) is 9.59 Å². The molecule has 0 heterocycles. The Hall–Kier alpha value is -1.88. The van der Waals surface area contributed by atoms with E-state index in [2.05, 4.69) is 10.6 Å². The number of amides is 2. The summed E-state index contributed by atoms with van der Waals surface area (Å²) in [6, 6.07) is 9.70. The number of unbranched alkanes of at least 4 members (excludes halogenated alkanes) is 3. The molecule has 2 amide bonds. The first-order chi connectivity index (χ1) is 11.2. The summed E-state index contributed by atoms with van der Waals surface area (Å²) in [4.78, 5) is 23.3. The fourth-order valence-corrected chi connectivity index (χ4v) is 2.24. The normalized spacial score (nSPS) is 10.3. The van der Waals surface area contributed by atoms with Crippen LogP contribution in [0.5, 0.6) is 0 Å². The van der Waals surface area contributed by atoms with E-state index in [1.54, 1.807) is 0 Å². The minimum absolute atomic E-state index is 0.0418. The second-order valence-corrected chi connectivity index (χ2v) is 5.67. The van der Waals surface area contributed by atoms with Gasteiger partial charge in [-0.3, -0.25) is 9.59 Å². The molecule has 0 fully saturated rings. The van der Waals surface area contributed by atoms with Crippen LogP contribution in [0, 0.1) is 0 Å². The molecule has 0 aromatic heterocycles. The number of nitrogens with two attached hydrogens (primary N) is 1. The van der Waals surface area contributed by atoms with Crippen molar-refractivity contribution in [3.05, 3.63) is 35.9 Å². The lowest BCUT2D eigenvalue weighted by Crippen LogP contribution is -2.28. The molecule has 5 nitrogen and oxygen atoms in total. The van der Waals surface area contributed by atoms with Gasteiger partial charge in [0.2, 0.25) is 11.8 Å². The molecule has 1 rings (SSSR count). The maximum absolute atomic E-state index is 11.7. The summed E-state index contributed by atoms with van der Waals surface area (Å²) in [5, 5.41) is 5.81. The molecule has 23 heavy (non-hydrogen) atoms. The lowest BCUT2D eigenvalue weighted by atomic mass is 10.1. The molecular weight excluding hydrogens is 290 g/mol. The summed E-state index contributed by atoms with van der Waals surface area (Å²) < 4.78 is 0. The molecule has 0 bridgehead atoms. The number of carbonyl (C=O) groups is 2. The standard InChI is InChI=1S/C18H29N3O2/c19-12-6-2-5-11-17(22)20-13-7-8-14-21-18(23)15-16-9-3-1-4-10-16/h1,3-4,9-10H,2,5-8,11-15,19H2,(H,20,22)(H,21,23). The quantitative estimate of drug-likeness (QED) is 0.513. The highest BCUT2D eigenvalue weighted by Gasteiger charge is 2.03. The lowest BCUT2D eigenvalue weighted by Gasteiger charge is -2.07. The zero-order valence-electron chi connectivity index (χ0n) is 13.9. The summed E-state index contributed by atoms with van der Waals surface area (Å²) in [5.41, 5.74) is 6.43. The second kappa shape index (κ2) is 12.6. The largest absolute Gasteiger partial charge is 0.356 e. The minimum atomic E-state index is 0.0418. The van der Waals surface area contributed by atoms with Gasteiger partial charge in [0.1, 0.15) is 0 Å². The van der Waals surface area contributed by atoms with Crippen LogP contribution in [0.4, 0.5) is 0 Å². The molecule has 0 atom stereocenters. The van der Waals surface area contributed by atoms with E-state index < -0.39 is 0 Å². The Kier molecular flexibility index (Phi) is 10.5. The van der Waals surface area contributed by atoms with Gasteiger partial charge in [0.15, 0.2) is 0 Å². The average Bonchev–Trinajstić information content (AvgIpc) is 2.56. The smallest absolute Gasteiger partial charge is 0.224 e. The molecule has 0 unspecified atom stereocenters. The molecule has 0 spiro atoms. The second-order valence-electron chi connectivity index (χ2n) is 5.67. The molecule has 0 saturated heterocycles. The third kappa shape index (κ3) is 10.5. The predicted octanol–water partition coefficient (Wildman–Crippen LogP) is 1.76. The summed E-state index contributed by atoms with van der Waals surface area (Å²) in [6.07, 6.45) is 5.63. The number of hydrogen-bond donors (Lipinski definition) is 3. The van der Waals surface area contributed by atoms with E-state index in [4.69, 9.17) is 5.73 Å². The van der Waals surface area contributed by atoms with E-state index in [-0.39, 0.29) is 11.8 Å². The van der Waals surface area contributed by atoms with Gasteiger partial charge in [-0.1, -0.05) is 36.8 Å². The van der Waals surface area contributed by atoms with E-state index in [1.165, 1.54) is 0 Å². The molecule has 5 heteroatoms. The van der Waals surface area contributed by atoms with Crippen molar-refractivity contribution in [2.45, 2.75) is 44.9 Å². The molecule has 0 aliphatic rings. The molecule has 4 N–H and O–H groups in total. The first-order valence-electron chi connectivity index (χ1n) is 8.49. The summed E-state index contributed by atoms with van der Waals surface area (Å²) in [6.45, 7) is 2.01. The molecule has 0 aliphatic heterocycles. The van der Waals surface area contributed by atoms with E-state index in [1.807, 2.05) is 30.3 Å². The Balaban J connectivity index is 1.94. The van der Waals surface area contributed by atoms with Crippen LogP contribution in [0.1, 0.15) is 44.1 Å². The van der Waals surface area contributed by atoms with Crippen molar-refractivity contribution in [1.29, 1.82) is 0 Å². The van der Waals surface area contributed by atoms with Crippen molar-refractivity contribution in [1.82, 2.24) is 10.6 Å². The summed E-state index contributed by atoms with van der Waals surface area (Å²) >= 11 is 0. The number of rotatable bonds is 12. The van der Waals surface area contributed by atoms with Crippen LogP contribution in [0.3, 0.4) is 0 Å². The fourth-order valence-electron chi connectivity index (χ4n) is 2.24. The third-order valence-electron chi connectivity index (χ3n) is 3.56. The molecular formula is C18H29N3O2. The topological polar surface area (TPSA) is 84.2 Å². The van der Waals surface area contributed by atoms with Gasteiger partial charge in [0, 0.05) is 19.5 Å². The first kappa shape index (κ1) is 19.2. The summed E-state index contributed by atoms with van der Waals surface area (Å²) in [7, 11) is 0. The van der Waals surface area contributed by atoms with E-state index in [0.29, 0.717) is 32.5 Å². The molecule has 0 saturated carbocycles. The van der Waals surface area contributed by atoms with E-state index in [0.717, 1.165) is 37.7 Å². The van der Waals surface area contributed by atoms with E-state index >= 15 is 0 Å². The van der Waals surface area contributed by atoms with Gasteiger partial charge >= 0.3 is 0 Å². The number of carbonyl (C=O) groups excluding carboxylic acids is 2. The van der Waals surface area contributed by atoms with Crippen LogP contribution in [0.15, 0.2) is 30.3 Å². The van der Waals surface area contributed by atoms with Gasteiger partial charge in [-0.25, -0.2) is 0 Å². The Morgan fingerprint density at radius 2 is 1.48 bits per heavy atom. The summed E-state index contributed by atoms with van der Waals surface area (Å²) in [5.74, 6) is 0.148. The average molecular weight is 319 g/mol. The van der Waals surface area contributed by atoms with Gasteiger partial charge in [0.05, 0.1) is 6.42 Å². The SMILES string of the molecule is NCCCCCC(=O)NCCCCNC(=O)Cc1ccccc1. The highest BCUT2D eigenvalue weighted by atomic mass is 16.2. The Morgan fingerprint density at radius 1 is 0.826 bits per heavy atom. The van der Waals surface area contributed by atoms with Crippen LogP contribution in [-0.4, -0.2) is 31.4 Å². The molecule has 0 aliphatic carbocycles. The third-order valence-corrected chi connectivity index (χ3v) is 3.56. The van der Waals surface area contributed by atoms with Gasteiger partial charge in [-0.2, -0.15) is 0 Å². The maximum Gasteiger partial charge on any atom is 0.224 e. The van der Waals surface area contributed by atoms with Gasteiger partial charge in [0.25, 0.3) is 0 Å². The highest BCUT2D eigenvalue weighted by Crippen LogP contribution is 2.00. The van der Waals surface area contributed by atoms with Crippen molar-refractivity contribution in [2.24, 2.45) is 5.73 Å². The van der Waals surface area contributed by atoms with Gasteiger partial charge in [-0.15, -0.1) is 0 Å². The zero-order valence-corrected chi connectivity index (χ0v) is 13.9. The number of benzene rings is 1. The fraction of sp³-hybridized carbons (Fsp3) is 0.556. The van der Waals surface area contributed by atoms with Crippen LogP contribution < -0.4 is 16.4 Å². The predicted molar refractivity (Wildman–Crippen MR) is 92.9 cm³/mol. The van der Waals surface area contributed by atoms with Crippen molar-refractivity contribution in [2.75, 3.05) is 19.6 Å². The van der Waals surface area contributed by atoms with Crippen LogP contribution in [-0.2, 0) is 16.0 Å². The Bertz CT molecular complexity index is 449. The zero-order chi connectivity index (χ0) is 16.8. The molecule has 1 aromatic carbocycles. The van der Waals surface area contributed by atoms with Gasteiger partial charge < -0.3 is 16.4 Å². The Morgan fingerprint density at radius 3 is 2.13 bits per heavy atom. The van der Waals surface area contributed by atoms with Crippen LogP contribution in [0.25, 0.3) is 0 Å². The maximum atomic E-state index is 11.7. The monoisotopic (exact) mass is 319 g/mol. The van der Waals surface area contributed by atoms with Crippen LogP contribution in [0.2, 0.25) is 0 Å².